The van der Waals surface area contributed by atoms with Crippen molar-refractivity contribution in [2.75, 3.05) is 0 Å². The van der Waals surface area contributed by atoms with Crippen LogP contribution >= 0.6 is 27.3 Å². The van der Waals surface area contributed by atoms with Gasteiger partial charge in [0.25, 0.3) is 0 Å². The lowest BCUT2D eigenvalue weighted by atomic mass is 9.82. The molecule has 0 spiro atoms. The number of aryl methyl sites for hydroxylation is 1. The SMILES string of the molecule is Cc1sc(Br)cc1S(=O)(=O)NC(C)(C)CC(C)(C)C. The van der Waals surface area contributed by atoms with Gasteiger partial charge < -0.3 is 0 Å². The first-order valence-electron chi connectivity index (χ1n) is 6.12. The first-order valence-corrected chi connectivity index (χ1v) is 9.22. The number of hydrogen-bond donors (Lipinski definition) is 1. The van der Waals surface area contributed by atoms with Crippen molar-refractivity contribution in [2.24, 2.45) is 5.41 Å². The van der Waals surface area contributed by atoms with Crippen molar-refractivity contribution in [3.8, 4) is 0 Å². The van der Waals surface area contributed by atoms with Crippen molar-refractivity contribution in [3.05, 3.63) is 14.7 Å². The summed E-state index contributed by atoms with van der Waals surface area (Å²) in [6, 6.07) is 1.66. The van der Waals surface area contributed by atoms with Gasteiger partial charge in [-0.1, -0.05) is 20.8 Å². The number of halogens is 1. The standard InChI is InChI=1S/C13H22BrNO2S2/c1-9-10(7-11(14)18-9)19(16,17)15-13(5,6)8-12(2,3)4/h7,15H,8H2,1-6H3. The van der Waals surface area contributed by atoms with Gasteiger partial charge in [0.2, 0.25) is 10.0 Å². The molecule has 110 valence electrons. The highest BCUT2D eigenvalue weighted by Crippen LogP contribution is 2.32. The molecule has 0 aliphatic carbocycles. The Morgan fingerprint density at radius 2 is 1.79 bits per heavy atom. The molecule has 1 aromatic heterocycles. The van der Waals surface area contributed by atoms with Gasteiger partial charge in [-0.15, -0.1) is 11.3 Å². The Kier molecular flexibility index (Phi) is 4.93. The molecule has 0 aromatic carbocycles. The van der Waals surface area contributed by atoms with Gasteiger partial charge in [0.1, 0.15) is 0 Å². The van der Waals surface area contributed by atoms with E-state index in [0.29, 0.717) is 4.90 Å². The summed E-state index contributed by atoms with van der Waals surface area (Å²) >= 11 is 4.76. The molecule has 0 atom stereocenters. The molecule has 0 aliphatic heterocycles. The van der Waals surface area contributed by atoms with Crippen LogP contribution in [0.4, 0.5) is 0 Å². The van der Waals surface area contributed by atoms with Crippen molar-refractivity contribution in [2.45, 2.75) is 58.4 Å². The second-order valence-corrected chi connectivity index (χ2v) is 11.0. The summed E-state index contributed by atoms with van der Waals surface area (Å²) in [5, 5.41) is 0. The fourth-order valence-corrected chi connectivity index (χ4v) is 6.31. The zero-order valence-corrected chi connectivity index (χ0v) is 15.5. The van der Waals surface area contributed by atoms with Crippen LogP contribution in [0, 0.1) is 12.3 Å². The number of sulfonamides is 1. The molecule has 0 saturated heterocycles. The molecule has 1 heterocycles. The Bertz CT molecular complexity index is 554. The smallest absolute Gasteiger partial charge is 0.207 e. The average molecular weight is 368 g/mol. The lowest BCUT2D eigenvalue weighted by Gasteiger charge is -2.32. The predicted molar refractivity (Wildman–Crippen MR) is 85.2 cm³/mol. The maximum absolute atomic E-state index is 12.4. The summed E-state index contributed by atoms with van der Waals surface area (Å²) < 4.78 is 28.5. The molecular weight excluding hydrogens is 346 g/mol. The van der Waals surface area contributed by atoms with E-state index < -0.39 is 15.6 Å². The first-order chi connectivity index (χ1) is 8.32. The molecule has 0 saturated carbocycles. The third-order valence-electron chi connectivity index (χ3n) is 2.51. The van der Waals surface area contributed by atoms with Crippen LogP contribution in [0.2, 0.25) is 0 Å². The minimum Gasteiger partial charge on any atom is -0.207 e. The van der Waals surface area contributed by atoms with Crippen molar-refractivity contribution >= 4 is 37.3 Å². The third-order valence-corrected chi connectivity index (χ3v) is 6.02. The maximum atomic E-state index is 12.4. The van der Waals surface area contributed by atoms with Crippen LogP contribution in [0.1, 0.15) is 45.9 Å². The Morgan fingerprint density at radius 3 is 2.16 bits per heavy atom. The Labute approximate surface area is 129 Å². The summed E-state index contributed by atoms with van der Waals surface area (Å²) in [4.78, 5) is 1.16. The molecule has 1 rings (SSSR count). The highest BCUT2D eigenvalue weighted by molar-refractivity contribution is 9.11. The summed E-state index contributed by atoms with van der Waals surface area (Å²) in [6.07, 6.45) is 0.767. The molecule has 1 aromatic rings. The zero-order valence-electron chi connectivity index (χ0n) is 12.3. The van der Waals surface area contributed by atoms with Gasteiger partial charge in [-0.25, -0.2) is 13.1 Å². The monoisotopic (exact) mass is 367 g/mol. The highest BCUT2D eigenvalue weighted by Gasteiger charge is 2.31. The van der Waals surface area contributed by atoms with Crippen LogP contribution in [0.5, 0.6) is 0 Å². The van der Waals surface area contributed by atoms with E-state index in [-0.39, 0.29) is 5.41 Å². The lowest BCUT2D eigenvalue weighted by molar-refractivity contribution is 0.269. The second-order valence-electron chi connectivity index (χ2n) is 6.70. The van der Waals surface area contributed by atoms with E-state index in [9.17, 15) is 8.42 Å². The summed E-state index contributed by atoms with van der Waals surface area (Å²) in [6.45, 7) is 12.0. The Morgan fingerprint density at radius 1 is 1.26 bits per heavy atom. The molecule has 6 heteroatoms. The van der Waals surface area contributed by atoms with Crippen LogP contribution in [-0.4, -0.2) is 14.0 Å². The molecule has 0 bridgehead atoms. The van der Waals surface area contributed by atoms with Gasteiger partial charge in [0.05, 0.1) is 8.68 Å². The van der Waals surface area contributed by atoms with Crippen molar-refractivity contribution < 1.29 is 8.42 Å². The third kappa shape index (κ3) is 5.17. The van der Waals surface area contributed by atoms with Gasteiger partial charge >= 0.3 is 0 Å². The topological polar surface area (TPSA) is 46.2 Å². The Hall–Kier alpha value is 0.0900. The molecule has 1 N–H and O–H groups in total. The van der Waals surface area contributed by atoms with Crippen molar-refractivity contribution in [3.63, 3.8) is 0 Å². The normalized spacial score (nSPS) is 13.8. The first kappa shape index (κ1) is 17.1. The number of thiophene rings is 1. The number of hydrogen-bond acceptors (Lipinski definition) is 3. The lowest BCUT2D eigenvalue weighted by Crippen LogP contribution is -2.45. The fraction of sp³-hybridized carbons (Fsp3) is 0.692. The van der Waals surface area contributed by atoms with Gasteiger partial charge in [0.15, 0.2) is 0 Å². The van der Waals surface area contributed by atoms with E-state index in [1.807, 2.05) is 20.8 Å². The molecule has 0 unspecified atom stereocenters. The molecule has 0 aliphatic rings. The molecule has 0 fully saturated rings. The Balaban J connectivity index is 3.01. The minimum atomic E-state index is -3.47. The summed E-state index contributed by atoms with van der Waals surface area (Å²) in [7, 11) is -3.47. The van der Waals surface area contributed by atoms with E-state index in [2.05, 4.69) is 41.4 Å². The average Bonchev–Trinajstić information content (AvgIpc) is 2.38. The van der Waals surface area contributed by atoms with E-state index in [1.54, 1.807) is 6.07 Å². The van der Waals surface area contributed by atoms with Crippen molar-refractivity contribution in [1.82, 2.24) is 4.72 Å². The van der Waals surface area contributed by atoms with E-state index in [0.717, 1.165) is 15.1 Å². The molecular formula is C13H22BrNO2S2. The van der Waals surface area contributed by atoms with E-state index in [4.69, 9.17) is 0 Å². The zero-order chi connectivity index (χ0) is 15.1. The van der Waals surface area contributed by atoms with Crippen LogP contribution < -0.4 is 4.72 Å². The van der Waals surface area contributed by atoms with E-state index >= 15 is 0 Å². The predicted octanol–water partition coefficient (Wildman–Crippen LogP) is 4.31. The fourth-order valence-electron chi connectivity index (χ4n) is 2.48. The largest absolute Gasteiger partial charge is 0.242 e. The van der Waals surface area contributed by atoms with Crippen LogP contribution in [0.15, 0.2) is 14.7 Å². The molecule has 0 amide bonds. The maximum Gasteiger partial charge on any atom is 0.242 e. The van der Waals surface area contributed by atoms with Gasteiger partial charge in [-0.2, -0.15) is 0 Å². The summed E-state index contributed by atoms with van der Waals surface area (Å²) in [5.41, 5.74) is -0.409. The second kappa shape index (κ2) is 5.47. The number of nitrogens with one attached hydrogen (secondary N) is 1. The van der Waals surface area contributed by atoms with Crippen molar-refractivity contribution in [1.29, 1.82) is 0 Å². The number of rotatable bonds is 4. The van der Waals surface area contributed by atoms with Crippen LogP contribution in [0.3, 0.4) is 0 Å². The quantitative estimate of drug-likeness (QED) is 0.861. The van der Waals surface area contributed by atoms with Crippen LogP contribution in [-0.2, 0) is 10.0 Å². The molecule has 19 heavy (non-hydrogen) atoms. The highest BCUT2D eigenvalue weighted by atomic mass is 79.9. The van der Waals surface area contributed by atoms with Gasteiger partial charge in [-0.05, 0) is 54.6 Å². The van der Waals surface area contributed by atoms with Gasteiger partial charge in [-0.3, -0.25) is 0 Å². The van der Waals surface area contributed by atoms with Gasteiger partial charge in [0, 0.05) is 10.4 Å². The molecule has 0 radical (unpaired) electrons. The van der Waals surface area contributed by atoms with E-state index in [1.165, 1.54) is 11.3 Å². The summed E-state index contributed by atoms with van der Waals surface area (Å²) in [5.74, 6) is 0. The van der Waals surface area contributed by atoms with Crippen LogP contribution in [0.25, 0.3) is 0 Å². The minimum absolute atomic E-state index is 0.0658. The molecule has 3 nitrogen and oxygen atoms in total.